The second kappa shape index (κ2) is 4.57. The van der Waals surface area contributed by atoms with Crippen molar-refractivity contribution < 1.29 is 4.79 Å². The molecule has 1 fully saturated rings. The molecule has 15 heavy (non-hydrogen) atoms. The molecular formula is C9H14N4OS. The smallest absolute Gasteiger partial charge is 0.284 e. The van der Waals surface area contributed by atoms with Crippen LogP contribution in [0.15, 0.2) is 0 Å². The summed E-state index contributed by atoms with van der Waals surface area (Å²) in [6.45, 7) is 1.66. The number of nitrogens with zero attached hydrogens (tertiary/aromatic N) is 3. The maximum absolute atomic E-state index is 11.9. The van der Waals surface area contributed by atoms with E-state index < -0.39 is 0 Å². The maximum Gasteiger partial charge on any atom is 0.284 e. The highest BCUT2D eigenvalue weighted by Gasteiger charge is 2.20. The molecule has 0 aliphatic carbocycles. The lowest BCUT2D eigenvalue weighted by atomic mass is 10.2. The van der Waals surface area contributed by atoms with E-state index in [0.717, 1.165) is 37.3 Å². The van der Waals surface area contributed by atoms with E-state index in [-0.39, 0.29) is 5.91 Å². The quantitative estimate of drug-likeness (QED) is 0.779. The molecule has 1 aliphatic rings. The van der Waals surface area contributed by atoms with Crippen LogP contribution >= 0.6 is 11.3 Å². The lowest BCUT2D eigenvalue weighted by Crippen LogP contribution is -2.31. The van der Waals surface area contributed by atoms with E-state index >= 15 is 0 Å². The molecule has 2 N–H and O–H groups in total. The highest BCUT2D eigenvalue weighted by atomic mass is 32.1. The minimum atomic E-state index is -0.0221. The van der Waals surface area contributed by atoms with E-state index in [1.807, 2.05) is 4.90 Å². The summed E-state index contributed by atoms with van der Waals surface area (Å²) in [5.74, 6) is -0.0221. The zero-order valence-corrected chi connectivity index (χ0v) is 9.29. The third kappa shape index (κ3) is 2.44. The molecule has 0 radical (unpaired) electrons. The van der Waals surface area contributed by atoms with Crippen LogP contribution in [0.3, 0.4) is 0 Å². The Bertz CT molecular complexity index is 344. The maximum atomic E-state index is 11.9. The Morgan fingerprint density at radius 2 is 1.87 bits per heavy atom. The predicted molar refractivity (Wildman–Crippen MR) is 58.7 cm³/mol. The highest BCUT2D eigenvalue weighted by molar-refractivity contribution is 7.16. The molecule has 1 saturated heterocycles. The number of nitrogens with two attached hydrogens (primary N) is 1. The largest absolute Gasteiger partial charge is 0.374 e. The zero-order valence-electron chi connectivity index (χ0n) is 8.48. The monoisotopic (exact) mass is 226 g/mol. The molecular weight excluding hydrogens is 212 g/mol. The van der Waals surface area contributed by atoms with Crippen molar-refractivity contribution in [3.05, 3.63) is 5.01 Å². The third-order valence-corrected chi connectivity index (χ3v) is 3.26. The van der Waals surface area contributed by atoms with E-state index in [9.17, 15) is 4.79 Å². The Labute approximate surface area is 92.3 Å². The second-order valence-electron chi connectivity index (χ2n) is 3.65. The molecule has 0 atom stereocenters. The molecule has 82 valence electrons. The first-order chi connectivity index (χ1) is 7.27. The summed E-state index contributed by atoms with van der Waals surface area (Å²) in [7, 11) is 0. The van der Waals surface area contributed by atoms with Crippen LogP contribution in [0.5, 0.6) is 0 Å². The molecule has 1 aromatic rings. The van der Waals surface area contributed by atoms with Gasteiger partial charge in [-0.2, -0.15) is 0 Å². The van der Waals surface area contributed by atoms with Crippen LogP contribution in [-0.4, -0.2) is 34.1 Å². The normalized spacial score (nSPS) is 17.5. The number of carbonyl (C=O) groups is 1. The molecule has 1 aromatic heterocycles. The van der Waals surface area contributed by atoms with Gasteiger partial charge in [-0.1, -0.05) is 24.2 Å². The van der Waals surface area contributed by atoms with Gasteiger partial charge in [0.05, 0.1) is 0 Å². The van der Waals surface area contributed by atoms with Crippen LogP contribution in [0.25, 0.3) is 0 Å². The summed E-state index contributed by atoms with van der Waals surface area (Å²) in [5.41, 5.74) is 5.45. The summed E-state index contributed by atoms with van der Waals surface area (Å²) in [4.78, 5) is 13.8. The van der Waals surface area contributed by atoms with Gasteiger partial charge in [0, 0.05) is 13.1 Å². The lowest BCUT2D eigenvalue weighted by molar-refractivity contribution is 0.0760. The van der Waals surface area contributed by atoms with Gasteiger partial charge in [0.15, 0.2) is 0 Å². The Kier molecular flexibility index (Phi) is 3.15. The predicted octanol–water partition coefficient (Wildman–Crippen LogP) is 1.14. The number of anilines is 1. The molecule has 0 saturated carbocycles. The fraction of sp³-hybridized carbons (Fsp3) is 0.667. The van der Waals surface area contributed by atoms with Crippen molar-refractivity contribution in [2.45, 2.75) is 25.7 Å². The van der Waals surface area contributed by atoms with E-state index in [1.54, 1.807) is 0 Å². The van der Waals surface area contributed by atoms with Crippen molar-refractivity contribution in [1.29, 1.82) is 0 Å². The van der Waals surface area contributed by atoms with E-state index in [0.29, 0.717) is 10.1 Å². The average molecular weight is 226 g/mol. The summed E-state index contributed by atoms with van der Waals surface area (Å²) in [6, 6.07) is 0. The van der Waals surface area contributed by atoms with Crippen molar-refractivity contribution >= 4 is 22.4 Å². The first kappa shape index (κ1) is 10.4. The van der Waals surface area contributed by atoms with Gasteiger partial charge in [-0.05, 0) is 12.8 Å². The Morgan fingerprint density at radius 1 is 1.20 bits per heavy atom. The third-order valence-electron chi connectivity index (χ3n) is 2.52. The second-order valence-corrected chi connectivity index (χ2v) is 4.66. The van der Waals surface area contributed by atoms with Crippen LogP contribution in [0.1, 0.15) is 35.5 Å². The average Bonchev–Trinajstić information content (AvgIpc) is 2.53. The minimum absolute atomic E-state index is 0.0221. The van der Waals surface area contributed by atoms with Gasteiger partial charge in [0.2, 0.25) is 10.1 Å². The Balaban J connectivity index is 2.06. The Hall–Kier alpha value is -1.17. The van der Waals surface area contributed by atoms with Crippen LogP contribution < -0.4 is 5.73 Å². The van der Waals surface area contributed by atoms with Gasteiger partial charge in [0.25, 0.3) is 5.91 Å². The first-order valence-corrected chi connectivity index (χ1v) is 5.97. The van der Waals surface area contributed by atoms with Gasteiger partial charge in [-0.25, -0.2) is 0 Å². The number of likely N-dealkylation sites (tertiary alicyclic amines) is 1. The molecule has 2 heterocycles. The minimum Gasteiger partial charge on any atom is -0.374 e. The number of nitrogen functional groups attached to an aromatic ring is 1. The number of rotatable bonds is 1. The zero-order chi connectivity index (χ0) is 10.7. The summed E-state index contributed by atoms with van der Waals surface area (Å²) in [6.07, 6.45) is 4.59. The molecule has 0 unspecified atom stereocenters. The number of hydrogen-bond donors (Lipinski definition) is 1. The van der Waals surface area contributed by atoms with Crippen LogP contribution in [0.4, 0.5) is 5.13 Å². The SMILES string of the molecule is Nc1nnc(C(=O)N2CCCCCC2)s1. The van der Waals surface area contributed by atoms with Crippen molar-refractivity contribution in [3.63, 3.8) is 0 Å². The molecule has 0 aromatic carbocycles. The topological polar surface area (TPSA) is 72.1 Å². The molecule has 1 aliphatic heterocycles. The van der Waals surface area contributed by atoms with Gasteiger partial charge < -0.3 is 10.6 Å². The van der Waals surface area contributed by atoms with Crippen molar-refractivity contribution in [2.75, 3.05) is 18.8 Å². The summed E-state index contributed by atoms with van der Waals surface area (Å²) in [5, 5.41) is 8.19. The van der Waals surface area contributed by atoms with Gasteiger partial charge >= 0.3 is 0 Å². The van der Waals surface area contributed by atoms with Crippen LogP contribution in [-0.2, 0) is 0 Å². The Morgan fingerprint density at radius 3 is 2.40 bits per heavy atom. The number of carbonyl (C=O) groups excluding carboxylic acids is 1. The highest BCUT2D eigenvalue weighted by Crippen LogP contribution is 2.16. The molecule has 1 amide bonds. The van der Waals surface area contributed by atoms with E-state index in [4.69, 9.17) is 5.73 Å². The standard InChI is InChI=1S/C9H14N4OS/c10-9-12-11-7(15-9)8(14)13-5-3-1-2-4-6-13/h1-6H2,(H2,10,12). The summed E-state index contributed by atoms with van der Waals surface area (Å²) >= 11 is 1.16. The lowest BCUT2D eigenvalue weighted by Gasteiger charge is -2.18. The fourth-order valence-corrected chi connectivity index (χ4v) is 2.31. The van der Waals surface area contributed by atoms with Crippen molar-refractivity contribution in [3.8, 4) is 0 Å². The van der Waals surface area contributed by atoms with Gasteiger partial charge in [-0.15, -0.1) is 10.2 Å². The summed E-state index contributed by atoms with van der Waals surface area (Å²) < 4.78 is 0. The van der Waals surface area contributed by atoms with Crippen LogP contribution in [0.2, 0.25) is 0 Å². The molecule has 0 spiro atoms. The van der Waals surface area contributed by atoms with E-state index in [2.05, 4.69) is 10.2 Å². The molecule has 5 nitrogen and oxygen atoms in total. The van der Waals surface area contributed by atoms with Gasteiger partial charge in [0.1, 0.15) is 0 Å². The number of amides is 1. The molecule has 0 bridgehead atoms. The van der Waals surface area contributed by atoms with Crippen molar-refractivity contribution in [2.24, 2.45) is 0 Å². The van der Waals surface area contributed by atoms with E-state index in [1.165, 1.54) is 12.8 Å². The van der Waals surface area contributed by atoms with Crippen molar-refractivity contribution in [1.82, 2.24) is 15.1 Å². The molecule has 6 heteroatoms. The fourth-order valence-electron chi connectivity index (χ4n) is 1.73. The van der Waals surface area contributed by atoms with Crippen LogP contribution in [0, 0.1) is 0 Å². The number of aromatic nitrogens is 2. The van der Waals surface area contributed by atoms with Gasteiger partial charge in [-0.3, -0.25) is 4.79 Å². The number of hydrogen-bond acceptors (Lipinski definition) is 5. The first-order valence-electron chi connectivity index (χ1n) is 5.15. The molecule has 2 rings (SSSR count).